The van der Waals surface area contributed by atoms with Crippen LogP contribution in [0.3, 0.4) is 0 Å². The third kappa shape index (κ3) is 2.91. The van der Waals surface area contributed by atoms with Crippen LogP contribution in [0.2, 0.25) is 0 Å². The van der Waals surface area contributed by atoms with Crippen molar-refractivity contribution in [1.82, 2.24) is 10.2 Å². The summed E-state index contributed by atoms with van der Waals surface area (Å²) in [4.78, 5) is 25.2. The normalized spacial score (nSPS) is 23.3. The minimum Gasteiger partial charge on any atom is -0.497 e. The number of ether oxygens (including phenoxy) is 2. The summed E-state index contributed by atoms with van der Waals surface area (Å²) in [5, 5.41) is 2.73. The zero-order chi connectivity index (χ0) is 17.5. The second-order valence-electron chi connectivity index (χ2n) is 5.57. The monoisotopic (exact) mass is 344 g/mol. The molecule has 0 radical (unpaired) electrons. The molecule has 2 aliphatic heterocycles. The van der Waals surface area contributed by atoms with Crippen LogP contribution in [0.25, 0.3) is 0 Å². The molecule has 2 aliphatic rings. The molecule has 6 nitrogen and oxygen atoms in total. The second-order valence-corrected chi connectivity index (χ2v) is 5.57. The molecule has 0 aromatic heterocycles. The molecule has 3 rings (SSSR count). The van der Waals surface area contributed by atoms with Crippen molar-refractivity contribution < 1.29 is 32.2 Å². The molecule has 1 saturated heterocycles. The number of amides is 1. The SMILES string of the molecule is COc1ccc2c(c1)C(=O)N1CCNC(OC(=O)C(F)(F)F)C1C2. The van der Waals surface area contributed by atoms with Gasteiger partial charge in [-0.3, -0.25) is 10.1 Å². The zero-order valence-electron chi connectivity index (χ0n) is 12.7. The molecular weight excluding hydrogens is 329 g/mol. The lowest BCUT2D eigenvalue weighted by atomic mass is 9.91. The Balaban J connectivity index is 1.86. The Morgan fingerprint density at radius 1 is 1.38 bits per heavy atom. The van der Waals surface area contributed by atoms with E-state index in [1.54, 1.807) is 18.2 Å². The number of piperazine rings is 1. The van der Waals surface area contributed by atoms with Crippen molar-refractivity contribution in [1.29, 1.82) is 0 Å². The van der Waals surface area contributed by atoms with Crippen molar-refractivity contribution in [3.05, 3.63) is 29.3 Å². The van der Waals surface area contributed by atoms with E-state index in [0.717, 1.165) is 0 Å². The topological polar surface area (TPSA) is 67.9 Å². The molecule has 2 heterocycles. The fourth-order valence-corrected chi connectivity index (χ4v) is 3.00. The maximum absolute atomic E-state index is 12.6. The van der Waals surface area contributed by atoms with Crippen molar-refractivity contribution in [3.63, 3.8) is 0 Å². The molecule has 24 heavy (non-hydrogen) atoms. The van der Waals surface area contributed by atoms with E-state index in [2.05, 4.69) is 10.1 Å². The Labute approximate surface area is 135 Å². The predicted molar refractivity (Wildman–Crippen MR) is 75.5 cm³/mol. The molecule has 0 aliphatic carbocycles. The average Bonchev–Trinajstić information content (AvgIpc) is 2.54. The summed E-state index contributed by atoms with van der Waals surface area (Å²) in [5.74, 6) is -2.06. The van der Waals surface area contributed by atoms with Crippen LogP contribution in [0.4, 0.5) is 13.2 Å². The van der Waals surface area contributed by atoms with E-state index < -0.39 is 24.4 Å². The van der Waals surface area contributed by atoms with E-state index in [1.807, 2.05) is 0 Å². The quantitative estimate of drug-likeness (QED) is 0.814. The molecule has 0 spiro atoms. The first-order chi connectivity index (χ1) is 11.3. The number of halogens is 3. The first kappa shape index (κ1) is 16.6. The molecule has 0 saturated carbocycles. The van der Waals surface area contributed by atoms with E-state index in [9.17, 15) is 22.8 Å². The Morgan fingerprint density at radius 3 is 2.79 bits per heavy atom. The number of nitrogens with zero attached hydrogens (tertiary/aromatic N) is 1. The highest BCUT2D eigenvalue weighted by Gasteiger charge is 2.46. The minimum atomic E-state index is -5.08. The van der Waals surface area contributed by atoms with Crippen LogP contribution in [-0.4, -0.2) is 55.4 Å². The van der Waals surface area contributed by atoms with Crippen LogP contribution in [0.5, 0.6) is 5.75 Å². The number of rotatable bonds is 2. The Morgan fingerprint density at radius 2 is 2.12 bits per heavy atom. The van der Waals surface area contributed by atoms with Gasteiger partial charge >= 0.3 is 12.1 Å². The van der Waals surface area contributed by atoms with E-state index >= 15 is 0 Å². The number of hydrogen-bond donors (Lipinski definition) is 1. The molecule has 9 heteroatoms. The molecule has 130 valence electrons. The van der Waals surface area contributed by atoms with Crippen molar-refractivity contribution >= 4 is 11.9 Å². The highest BCUT2D eigenvalue weighted by atomic mass is 19.4. The van der Waals surface area contributed by atoms with Crippen LogP contribution in [0, 0.1) is 0 Å². The zero-order valence-corrected chi connectivity index (χ0v) is 12.7. The third-order valence-corrected chi connectivity index (χ3v) is 4.15. The summed E-state index contributed by atoms with van der Waals surface area (Å²) in [5.41, 5.74) is 1.13. The number of fused-ring (bicyclic) bond motifs is 2. The van der Waals surface area contributed by atoms with E-state index in [0.29, 0.717) is 23.4 Å². The molecule has 2 unspecified atom stereocenters. The standard InChI is InChI=1S/C15H15F3N2O4/c1-23-9-3-2-8-6-11-12(24-14(22)15(16,17)18)19-4-5-20(11)13(21)10(8)7-9/h2-3,7,11-12,19H,4-6H2,1H3. The fraction of sp³-hybridized carbons (Fsp3) is 0.467. The molecule has 1 fully saturated rings. The van der Waals surface area contributed by atoms with E-state index in [-0.39, 0.29) is 18.9 Å². The molecule has 2 atom stereocenters. The fourth-order valence-electron chi connectivity index (χ4n) is 3.00. The minimum absolute atomic E-state index is 0.233. The van der Waals surface area contributed by atoms with Gasteiger partial charge < -0.3 is 14.4 Å². The maximum Gasteiger partial charge on any atom is 0.490 e. The van der Waals surface area contributed by atoms with Gasteiger partial charge in [0.15, 0.2) is 6.23 Å². The largest absolute Gasteiger partial charge is 0.497 e. The van der Waals surface area contributed by atoms with Gasteiger partial charge in [0, 0.05) is 18.7 Å². The predicted octanol–water partition coefficient (Wildman–Crippen LogP) is 1.10. The number of carbonyl (C=O) groups excluding carboxylic acids is 2. The average molecular weight is 344 g/mol. The van der Waals surface area contributed by atoms with Crippen molar-refractivity contribution in [2.24, 2.45) is 0 Å². The molecule has 1 amide bonds. The molecule has 1 aromatic rings. The first-order valence-corrected chi connectivity index (χ1v) is 7.30. The lowest BCUT2D eigenvalue weighted by molar-refractivity contribution is -0.210. The van der Waals surface area contributed by atoms with Crippen molar-refractivity contribution in [2.75, 3.05) is 20.2 Å². The van der Waals surface area contributed by atoms with Gasteiger partial charge in [0.25, 0.3) is 5.91 Å². The number of hydrogen-bond acceptors (Lipinski definition) is 5. The molecule has 1 aromatic carbocycles. The van der Waals surface area contributed by atoms with Crippen molar-refractivity contribution in [2.45, 2.75) is 24.9 Å². The number of benzene rings is 1. The highest BCUT2D eigenvalue weighted by molar-refractivity contribution is 5.97. The number of esters is 1. The van der Waals surface area contributed by atoms with Crippen molar-refractivity contribution in [3.8, 4) is 5.75 Å². The number of methoxy groups -OCH3 is 1. The van der Waals surface area contributed by atoms with Crippen LogP contribution in [0.1, 0.15) is 15.9 Å². The summed E-state index contributed by atoms with van der Waals surface area (Å²) in [7, 11) is 1.48. The van der Waals surface area contributed by atoms with E-state index in [4.69, 9.17) is 4.74 Å². The number of carbonyl (C=O) groups is 2. The Bertz CT molecular complexity index is 677. The summed E-state index contributed by atoms with van der Waals surface area (Å²) < 4.78 is 46.9. The number of nitrogens with one attached hydrogen (secondary N) is 1. The summed E-state index contributed by atoms with van der Waals surface area (Å²) in [6, 6.07) is 4.29. The van der Waals surface area contributed by atoms with Crippen LogP contribution < -0.4 is 10.1 Å². The van der Waals surface area contributed by atoms with Gasteiger partial charge in [-0.2, -0.15) is 13.2 Å². The third-order valence-electron chi connectivity index (χ3n) is 4.15. The highest BCUT2D eigenvalue weighted by Crippen LogP contribution is 2.30. The Hall–Kier alpha value is -2.29. The summed E-state index contributed by atoms with van der Waals surface area (Å²) in [6.45, 7) is 0.553. The van der Waals surface area contributed by atoms with Gasteiger partial charge in [-0.05, 0) is 24.1 Å². The van der Waals surface area contributed by atoms with E-state index in [1.165, 1.54) is 12.0 Å². The van der Waals surface area contributed by atoms with Gasteiger partial charge in [-0.25, -0.2) is 4.79 Å². The summed E-state index contributed by atoms with van der Waals surface area (Å²) in [6.07, 6.45) is -5.99. The van der Waals surface area contributed by atoms with Gasteiger partial charge in [-0.1, -0.05) is 6.07 Å². The Kier molecular flexibility index (Phi) is 4.12. The first-order valence-electron chi connectivity index (χ1n) is 7.30. The van der Waals surface area contributed by atoms with Crippen LogP contribution >= 0.6 is 0 Å². The summed E-state index contributed by atoms with van der Waals surface area (Å²) >= 11 is 0. The molecule has 0 bridgehead atoms. The second kappa shape index (κ2) is 5.97. The molecule has 1 N–H and O–H groups in total. The smallest absolute Gasteiger partial charge is 0.490 e. The van der Waals surface area contributed by atoms with Crippen LogP contribution in [0.15, 0.2) is 18.2 Å². The van der Waals surface area contributed by atoms with Gasteiger partial charge in [0.05, 0.1) is 13.2 Å². The number of alkyl halides is 3. The molecular formula is C15H15F3N2O4. The van der Waals surface area contributed by atoms with Gasteiger partial charge in [-0.15, -0.1) is 0 Å². The van der Waals surface area contributed by atoms with Gasteiger partial charge in [0.2, 0.25) is 0 Å². The van der Waals surface area contributed by atoms with Crippen LogP contribution in [-0.2, 0) is 16.0 Å². The van der Waals surface area contributed by atoms with Gasteiger partial charge in [0.1, 0.15) is 5.75 Å². The lowest BCUT2D eigenvalue weighted by Crippen LogP contribution is -2.63. The maximum atomic E-state index is 12.6. The lowest BCUT2D eigenvalue weighted by Gasteiger charge is -2.44.